The van der Waals surface area contributed by atoms with Crippen LogP contribution in [0.1, 0.15) is 12.0 Å². The average Bonchev–Trinajstić information content (AvgIpc) is 3.84. The van der Waals surface area contributed by atoms with Crippen molar-refractivity contribution in [3.05, 3.63) is 284 Å². The van der Waals surface area contributed by atoms with Crippen LogP contribution in [-0.2, 0) is 0 Å². The van der Waals surface area contributed by atoms with Gasteiger partial charge in [-0.05, 0) is 100 Å². The fourth-order valence-corrected chi connectivity index (χ4v) is 10.7. The first kappa shape index (κ1) is 41.0. The second-order valence-electron chi connectivity index (χ2n) is 18.0. The minimum atomic E-state index is 0.755. The molecule has 0 bridgehead atoms. The van der Waals surface area contributed by atoms with Crippen molar-refractivity contribution in [3.63, 3.8) is 0 Å². The summed E-state index contributed by atoms with van der Waals surface area (Å²) in [5.41, 5.74) is 20.0. The minimum Gasteiger partial charge on any atom is -0.314 e. The van der Waals surface area contributed by atoms with E-state index in [1.807, 2.05) is 0 Å². The van der Waals surface area contributed by atoms with Crippen LogP contribution in [0, 0.1) is 0 Å². The molecule has 0 radical (unpaired) electrons. The van der Waals surface area contributed by atoms with Gasteiger partial charge in [0.05, 0.1) is 22.1 Å². The number of hydrogen-bond donors (Lipinski definition) is 0. The van der Waals surface area contributed by atoms with Gasteiger partial charge in [-0.1, -0.05) is 206 Å². The van der Waals surface area contributed by atoms with Gasteiger partial charge < -0.3 is 14.0 Å². The van der Waals surface area contributed by atoms with Crippen LogP contribution in [0.5, 0.6) is 0 Å². The average molecular weight is 894 g/mol. The molecule has 1 aliphatic carbocycles. The minimum absolute atomic E-state index is 0.755. The van der Waals surface area contributed by atoms with Gasteiger partial charge >= 0.3 is 0 Å². The van der Waals surface area contributed by atoms with Crippen LogP contribution in [0.2, 0.25) is 0 Å². The zero-order chi connectivity index (χ0) is 46.4. The highest BCUT2D eigenvalue weighted by molar-refractivity contribution is 6.17. The highest BCUT2D eigenvalue weighted by Gasteiger charge is 2.22. The molecule has 2 heterocycles. The zero-order valence-electron chi connectivity index (χ0n) is 38.5. The molecule has 330 valence electrons. The van der Waals surface area contributed by atoms with Gasteiger partial charge in [0.25, 0.3) is 0 Å². The maximum atomic E-state index is 2.51. The molecule has 0 amide bonds. The first-order valence-corrected chi connectivity index (χ1v) is 24.1. The predicted octanol–water partition coefficient (Wildman–Crippen LogP) is 17.9. The standard InChI is InChI=1S/C67H47N3/c1-5-18-47(19-6-1)49-34-40-56(41-35-49)68(57-42-36-50(37-43-57)48-20-7-2-8-21-48)55-27-15-22-51(38-44-55)58-29-16-31-62-63-32-17-30-59(67(63)70(66(58)62)54-25-11-4-12-26-54)52-39-45-61-60-28-13-14-33-64(60)69(65(61)46-52)53-23-9-3-10-24-53/h1-26,28-46H,27H2. The van der Waals surface area contributed by atoms with Crippen LogP contribution in [0.15, 0.2) is 279 Å². The highest BCUT2D eigenvalue weighted by atomic mass is 15.1. The molecule has 0 saturated heterocycles. The van der Waals surface area contributed by atoms with Crippen LogP contribution in [0.25, 0.3) is 93.9 Å². The smallest absolute Gasteiger partial charge is 0.0619 e. The van der Waals surface area contributed by atoms with Gasteiger partial charge in [-0.2, -0.15) is 0 Å². The van der Waals surface area contributed by atoms with Crippen LogP contribution in [0.4, 0.5) is 11.4 Å². The second-order valence-corrected chi connectivity index (χ2v) is 18.0. The van der Waals surface area contributed by atoms with Crippen molar-refractivity contribution < 1.29 is 0 Å². The third-order valence-corrected chi connectivity index (χ3v) is 14.0. The Labute approximate surface area is 408 Å². The molecule has 12 aromatic rings. The number of benzene rings is 10. The Morgan fingerprint density at radius 3 is 1.41 bits per heavy atom. The number of anilines is 2. The van der Waals surface area contributed by atoms with Gasteiger partial charge in [0.15, 0.2) is 0 Å². The zero-order valence-corrected chi connectivity index (χ0v) is 38.5. The van der Waals surface area contributed by atoms with Gasteiger partial charge in [-0.3, -0.25) is 0 Å². The van der Waals surface area contributed by atoms with Crippen molar-refractivity contribution >= 4 is 60.6 Å². The molecule has 10 aromatic carbocycles. The fraction of sp³-hybridized carbons (Fsp3) is 0.0149. The van der Waals surface area contributed by atoms with Crippen molar-refractivity contribution in [2.45, 2.75) is 6.42 Å². The molecule has 0 N–H and O–H groups in total. The first-order chi connectivity index (χ1) is 34.7. The first-order valence-electron chi connectivity index (χ1n) is 24.1. The summed E-state index contributed by atoms with van der Waals surface area (Å²) in [6.07, 6.45) is 10.0. The monoisotopic (exact) mass is 893 g/mol. The SMILES string of the molecule is C1=CC(c2cccc3c4cccc(-c5ccc6c7ccccc7n(-c7ccccc7)c6c5)c4n(-c4ccccc4)c23)=CC=C(N(c2ccc(-c3ccccc3)cc2)c2ccc(-c3ccccc3)cc2)C1. The third kappa shape index (κ3) is 7.15. The van der Waals surface area contributed by atoms with E-state index >= 15 is 0 Å². The van der Waals surface area contributed by atoms with E-state index in [0.717, 1.165) is 34.7 Å². The molecule has 0 aliphatic heterocycles. The molecular weight excluding hydrogens is 847 g/mol. The van der Waals surface area contributed by atoms with Crippen molar-refractivity contribution in [1.82, 2.24) is 9.13 Å². The molecule has 1 aliphatic rings. The second kappa shape index (κ2) is 17.5. The number of aromatic nitrogens is 2. The Morgan fingerprint density at radius 1 is 0.329 bits per heavy atom. The summed E-state index contributed by atoms with van der Waals surface area (Å²) in [4.78, 5) is 2.41. The molecule has 13 rings (SSSR count). The maximum Gasteiger partial charge on any atom is 0.0619 e. The lowest BCUT2D eigenvalue weighted by Crippen LogP contribution is -2.16. The Kier molecular flexibility index (Phi) is 10.2. The van der Waals surface area contributed by atoms with E-state index in [1.54, 1.807) is 0 Å². The lowest BCUT2D eigenvalue weighted by atomic mass is 9.99. The van der Waals surface area contributed by atoms with Crippen LogP contribution in [-0.4, -0.2) is 9.13 Å². The summed E-state index contributed by atoms with van der Waals surface area (Å²) in [5.74, 6) is 0. The summed E-state index contributed by atoms with van der Waals surface area (Å²) in [7, 11) is 0. The van der Waals surface area contributed by atoms with Crippen molar-refractivity contribution in [3.8, 4) is 44.8 Å². The summed E-state index contributed by atoms with van der Waals surface area (Å²) in [5, 5.41) is 4.94. The third-order valence-electron chi connectivity index (χ3n) is 14.0. The van der Waals surface area contributed by atoms with Crippen LogP contribution in [0.3, 0.4) is 0 Å². The topological polar surface area (TPSA) is 13.1 Å². The van der Waals surface area contributed by atoms with E-state index in [2.05, 4.69) is 287 Å². The summed E-state index contributed by atoms with van der Waals surface area (Å²) in [6, 6.07) is 90.2. The number of hydrogen-bond acceptors (Lipinski definition) is 1. The molecule has 0 unspecified atom stereocenters. The Morgan fingerprint density at radius 2 is 0.800 bits per heavy atom. The Hall–Kier alpha value is -9.18. The van der Waals surface area contributed by atoms with Gasteiger partial charge in [-0.25, -0.2) is 0 Å². The molecule has 3 nitrogen and oxygen atoms in total. The van der Waals surface area contributed by atoms with Crippen LogP contribution < -0.4 is 4.90 Å². The Balaban J connectivity index is 0.970. The molecule has 3 heteroatoms. The largest absolute Gasteiger partial charge is 0.314 e. The molecule has 0 fully saturated rings. The highest BCUT2D eigenvalue weighted by Crippen LogP contribution is 2.44. The lowest BCUT2D eigenvalue weighted by Gasteiger charge is -2.28. The van der Waals surface area contributed by atoms with Crippen molar-refractivity contribution in [2.75, 3.05) is 4.90 Å². The van der Waals surface area contributed by atoms with E-state index < -0.39 is 0 Å². The number of allylic oxidation sites excluding steroid dienone is 5. The molecule has 2 aromatic heterocycles. The van der Waals surface area contributed by atoms with E-state index in [1.165, 1.54) is 88.3 Å². The molecule has 70 heavy (non-hydrogen) atoms. The van der Waals surface area contributed by atoms with E-state index in [9.17, 15) is 0 Å². The van der Waals surface area contributed by atoms with Gasteiger partial charge in [0, 0.05) is 67.5 Å². The number of rotatable bonds is 9. The van der Waals surface area contributed by atoms with Crippen molar-refractivity contribution in [1.29, 1.82) is 0 Å². The van der Waals surface area contributed by atoms with Gasteiger partial charge in [0.1, 0.15) is 0 Å². The number of para-hydroxylation sites is 5. The van der Waals surface area contributed by atoms with E-state index in [0.29, 0.717) is 0 Å². The lowest BCUT2D eigenvalue weighted by molar-refractivity contribution is 1.08. The molecule has 0 atom stereocenters. The quantitative estimate of drug-likeness (QED) is 0.141. The van der Waals surface area contributed by atoms with E-state index in [-0.39, 0.29) is 0 Å². The number of fused-ring (bicyclic) bond motifs is 6. The maximum absolute atomic E-state index is 2.51. The molecular formula is C67H47N3. The summed E-state index contributed by atoms with van der Waals surface area (Å²) < 4.78 is 4.91. The van der Waals surface area contributed by atoms with Gasteiger partial charge in [0.2, 0.25) is 0 Å². The summed E-state index contributed by atoms with van der Waals surface area (Å²) >= 11 is 0. The Bertz CT molecular complexity index is 3890. The van der Waals surface area contributed by atoms with Gasteiger partial charge in [-0.15, -0.1) is 0 Å². The fourth-order valence-electron chi connectivity index (χ4n) is 10.7. The predicted molar refractivity (Wildman–Crippen MR) is 296 cm³/mol. The van der Waals surface area contributed by atoms with Crippen LogP contribution >= 0.6 is 0 Å². The summed E-state index contributed by atoms with van der Waals surface area (Å²) in [6.45, 7) is 0. The van der Waals surface area contributed by atoms with Crippen molar-refractivity contribution in [2.24, 2.45) is 0 Å². The molecule has 0 saturated carbocycles. The molecule has 0 spiro atoms. The van der Waals surface area contributed by atoms with E-state index in [4.69, 9.17) is 0 Å². The normalized spacial score (nSPS) is 12.6. The number of nitrogens with zero attached hydrogens (tertiary/aromatic N) is 3.